The Labute approximate surface area is 214 Å². The molecule has 7 heteroatoms. The summed E-state index contributed by atoms with van der Waals surface area (Å²) in [5.41, 5.74) is 2.22. The zero-order valence-corrected chi connectivity index (χ0v) is 21.9. The average molecular weight is 565 g/mol. The molecule has 2 aliphatic heterocycles. The number of aliphatic hydroxyl groups excluding tert-OH is 1. The van der Waals surface area contributed by atoms with Crippen molar-refractivity contribution in [1.82, 2.24) is 15.5 Å². The summed E-state index contributed by atoms with van der Waals surface area (Å²) in [5, 5.41) is 17.6. The summed E-state index contributed by atoms with van der Waals surface area (Å²) < 4.78 is 5.27. The van der Waals surface area contributed by atoms with E-state index in [9.17, 15) is 5.11 Å². The van der Waals surface area contributed by atoms with Crippen LogP contribution >= 0.6 is 24.0 Å². The van der Waals surface area contributed by atoms with Gasteiger partial charge in [-0.1, -0.05) is 42.5 Å². The Bertz CT molecular complexity index is 881. The Hall–Kier alpha value is -1.84. The minimum absolute atomic E-state index is 0. The number of methoxy groups -OCH3 is 1. The van der Waals surface area contributed by atoms with Gasteiger partial charge in [-0.05, 0) is 55.9 Å². The van der Waals surface area contributed by atoms with E-state index in [4.69, 9.17) is 4.74 Å². The second-order valence-electron chi connectivity index (χ2n) is 8.87. The van der Waals surface area contributed by atoms with Crippen LogP contribution in [0, 0.1) is 0 Å². The smallest absolute Gasteiger partial charge is 0.191 e. The Morgan fingerprint density at radius 2 is 1.85 bits per heavy atom. The fourth-order valence-corrected chi connectivity index (χ4v) is 5.09. The highest BCUT2D eigenvalue weighted by atomic mass is 127. The quantitative estimate of drug-likeness (QED) is 0.256. The Morgan fingerprint density at radius 1 is 1.12 bits per heavy atom. The lowest BCUT2D eigenvalue weighted by atomic mass is 9.96. The largest absolute Gasteiger partial charge is 0.497 e. The number of nitrogens with one attached hydrogen (secondary N) is 2. The van der Waals surface area contributed by atoms with Gasteiger partial charge in [0.2, 0.25) is 0 Å². The van der Waals surface area contributed by atoms with Crippen LogP contribution < -0.4 is 15.4 Å². The van der Waals surface area contributed by atoms with Crippen LogP contribution in [0.25, 0.3) is 0 Å². The molecule has 2 aliphatic rings. The maximum absolute atomic E-state index is 10.6. The zero-order valence-electron chi connectivity index (χ0n) is 19.6. The molecule has 33 heavy (non-hydrogen) atoms. The molecule has 3 N–H and O–H groups in total. The molecule has 2 aromatic carbocycles. The number of aliphatic hydroxyl groups is 1. The first-order chi connectivity index (χ1) is 15.7. The molecule has 6 nitrogen and oxygen atoms in total. The Kier molecular flexibility index (Phi) is 9.82. The predicted octanol–water partition coefficient (Wildman–Crippen LogP) is 4.10. The summed E-state index contributed by atoms with van der Waals surface area (Å²) in [6, 6.07) is 20.0. The number of halogens is 1. The Balaban J connectivity index is 0.00000306. The molecule has 2 fully saturated rings. The lowest BCUT2D eigenvalue weighted by Gasteiger charge is -2.39. The van der Waals surface area contributed by atoms with Crippen LogP contribution in [0.1, 0.15) is 49.8 Å². The van der Waals surface area contributed by atoms with Crippen LogP contribution in [-0.4, -0.2) is 54.3 Å². The van der Waals surface area contributed by atoms with Gasteiger partial charge in [-0.2, -0.15) is 0 Å². The first kappa shape index (κ1) is 25.8. The van der Waals surface area contributed by atoms with Crippen molar-refractivity contribution in [2.45, 2.75) is 63.4 Å². The molecule has 0 radical (unpaired) electrons. The minimum atomic E-state index is -0.663. The lowest BCUT2D eigenvalue weighted by molar-refractivity contribution is 0.114. The highest BCUT2D eigenvalue weighted by molar-refractivity contribution is 14.0. The van der Waals surface area contributed by atoms with Crippen LogP contribution in [0.4, 0.5) is 0 Å². The summed E-state index contributed by atoms with van der Waals surface area (Å²) in [6.45, 7) is 4.22. The number of hydrogen-bond donors (Lipinski definition) is 3. The van der Waals surface area contributed by atoms with Crippen LogP contribution in [0.5, 0.6) is 5.75 Å². The fraction of sp³-hybridized carbons (Fsp3) is 0.500. The average Bonchev–Trinajstić information content (AvgIpc) is 3.05. The molecule has 4 rings (SSSR count). The van der Waals surface area contributed by atoms with Crippen molar-refractivity contribution in [2.24, 2.45) is 4.99 Å². The number of hydrogen-bond acceptors (Lipinski definition) is 4. The molecule has 3 unspecified atom stereocenters. The number of aliphatic imine (C=N–C) groups is 1. The van der Waals surface area contributed by atoms with Crippen LogP contribution in [-0.2, 0) is 6.54 Å². The van der Waals surface area contributed by atoms with E-state index in [1.807, 2.05) is 24.3 Å². The van der Waals surface area contributed by atoms with Crippen molar-refractivity contribution in [3.63, 3.8) is 0 Å². The van der Waals surface area contributed by atoms with Gasteiger partial charge in [0.25, 0.3) is 0 Å². The second kappa shape index (κ2) is 12.6. The first-order valence-electron chi connectivity index (χ1n) is 11.8. The number of nitrogens with zero attached hydrogens (tertiary/aromatic N) is 2. The van der Waals surface area contributed by atoms with E-state index >= 15 is 0 Å². The molecular weight excluding hydrogens is 527 g/mol. The van der Waals surface area contributed by atoms with E-state index in [0.29, 0.717) is 24.7 Å². The molecule has 0 aliphatic carbocycles. The lowest BCUT2D eigenvalue weighted by Crippen LogP contribution is -2.52. The van der Waals surface area contributed by atoms with Gasteiger partial charge >= 0.3 is 0 Å². The maximum atomic E-state index is 10.6. The van der Waals surface area contributed by atoms with Crippen molar-refractivity contribution in [1.29, 1.82) is 0 Å². The molecule has 3 atom stereocenters. The molecule has 0 aromatic heterocycles. The number of guanidine groups is 1. The fourth-order valence-electron chi connectivity index (χ4n) is 5.09. The van der Waals surface area contributed by atoms with Crippen molar-refractivity contribution >= 4 is 29.9 Å². The van der Waals surface area contributed by atoms with Crippen LogP contribution in [0.15, 0.2) is 59.6 Å². The van der Waals surface area contributed by atoms with Crippen LogP contribution in [0.3, 0.4) is 0 Å². The number of benzene rings is 2. The summed E-state index contributed by atoms with van der Waals surface area (Å²) in [7, 11) is 1.63. The van der Waals surface area contributed by atoms with Gasteiger partial charge in [-0.3, -0.25) is 9.89 Å². The summed E-state index contributed by atoms with van der Waals surface area (Å²) >= 11 is 0. The van der Waals surface area contributed by atoms with Crippen LogP contribution in [0.2, 0.25) is 0 Å². The molecule has 2 aromatic rings. The number of piperidine rings is 1. The number of rotatable bonds is 8. The van der Waals surface area contributed by atoms with Gasteiger partial charge in [0.1, 0.15) is 5.75 Å². The third-order valence-electron chi connectivity index (χ3n) is 6.68. The van der Waals surface area contributed by atoms with Crippen molar-refractivity contribution in [3.05, 3.63) is 65.7 Å². The molecule has 0 amide bonds. The van der Waals surface area contributed by atoms with Gasteiger partial charge < -0.3 is 20.5 Å². The van der Waals surface area contributed by atoms with E-state index in [2.05, 4.69) is 57.8 Å². The molecular formula is C26H37IN4O2. The minimum Gasteiger partial charge on any atom is -0.497 e. The highest BCUT2D eigenvalue weighted by Gasteiger charge is 2.40. The predicted molar refractivity (Wildman–Crippen MR) is 144 cm³/mol. The Morgan fingerprint density at radius 3 is 2.52 bits per heavy atom. The van der Waals surface area contributed by atoms with Crippen molar-refractivity contribution < 1.29 is 9.84 Å². The summed E-state index contributed by atoms with van der Waals surface area (Å²) in [5.74, 6) is 1.53. The summed E-state index contributed by atoms with van der Waals surface area (Å²) in [4.78, 5) is 7.39. The number of ether oxygens (including phenoxy) is 1. The molecule has 2 heterocycles. The maximum Gasteiger partial charge on any atom is 0.191 e. The van der Waals surface area contributed by atoms with Crippen molar-refractivity contribution in [2.75, 3.05) is 20.2 Å². The van der Waals surface area contributed by atoms with E-state index in [-0.39, 0.29) is 24.0 Å². The highest BCUT2D eigenvalue weighted by Crippen LogP contribution is 2.36. The van der Waals surface area contributed by atoms with E-state index in [0.717, 1.165) is 43.2 Å². The molecule has 180 valence electrons. The topological polar surface area (TPSA) is 69.1 Å². The molecule has 2 bridgehead atoms. The second-order valence-corrected chi connectivity index (χ2v) is 8.87. The zero-order chi connectivity index (χ0) is 22.3. The third kappa shape index (κ3) is 6.83. The SMILES string of the molecule is CCNC(=NCC(O)c1cccc(OC)c1)NC1CC2CCC(C1)N2Cc1ccccc1.I. The molecule has 0 saturated carbocycles. The van der Waals surface area contributed by atoms with E-state index < -0.39 is 6.10 Å². The monoisotopic (exact) mass is 564 g/mol. The summed E-state index contributed by atoms with van der Waals surface area (Å²) in [6.07, 6.45) is 4.15. The van der Waals surface area contributed by atoms with Gasteiger partial charge in [0.15, 0.2) is 5.96 Å². The normalized spacial score (nSPS) is 23.5. The molecule has 2 saturated heterocycles. The third-order valence-corrected chi connectivity index (χ3v) is 6.68. The first-order valence-corrected chi connectivity index (χ1v) is 11.8. The van der Waals surface area contributed by atoms with Gasteiger partial charge in [-0.25, -0.2) is 0 Å². The van der Waals surface area contributed by atoms with Gasteiger partial charge in [-0.15, -0.1) is 24.0 Å². The standard InChI is InChI=1S/C26H36N4O2.HI/c1-3-27-26(28-17-25(31)20-10-7-11-24(14-20)32-2)29-21-15-22-12-13-23(16-21)30(22)18-19-8-5-4-6-9-19;/h4-11,14,21-23,25,31H,3,12-13,15-18H2,1-2H3,(H2,27,28,29);1H. The van der Waals surface area contributed by atoms with Gasteiger partial charge in [0, 0.05) is 31.2 Å². The molecule has 0 spiro atoms. The van der Waals surface area contributed by atoms with Gasteiger partial charge in [0.05, 0.1) is 19.8 Å². The van der Waals surface area contributed by atoms with Crippen molar-refractivity contribution in [3.8, 4) is 5.75 Å². The number of fused-ring (bicyclic) bond motifs is 2. The van der Waals surface area contributed by atoms with E-state index in [1.165, 1.54) is 18.4 Å². The van der Waals surface area contributed by atoms with E-state index in [1.54, 1.807) is 7.11 Å².